The lowest BCUT2D eigenvalue weighted by Crippen LogP contribution is -2.48. The van der Waals surface area contributed by atoms with E-state index in [1.807, 2.05) is 6.07 Å². The maximum Gasteiger partial charge on any atom is 0.331 e. The molecule has 1 saturated carbocycles. The summed E-state index contributed by atoms with van der Waals surface area (Å²) in [6, 6.07) is 6.03. The zero-order valence-corrected chi connectivity index (χ0v) is 12.3. The molecule has 1 aromatic carbocycles. The number of anilines is 1. The Morgan fingerprint density at radius 3 is 2.64 bits per heavy atom. The van der Waals surface area contributed by atoms with Crippen LogP contribution in [0.4, 0.5) is 11.4 Å². The van der Waals surface area contributed by atoms with Crippen molar-refractivity contribution in [3.63, 3.8) is 0 Å². The third kappa shape index (κ3) is 3.01. The van der Waals surface area contributed by atoms with E-state index in [1.165, 1.54) is 25.3 Å². The van der Waals surface area contributed by atoms with Gasteiger partial charge in [-0.15, -0.1) is 0 Å². The fourth-order valence-electron chi connectivity index (χ4n) is 2.85. The number of nitro groups is 1. The fraction of sp³-hybridized carbons (Fsp3) is 0.467. The molecular formula is C15H17N3O4. The normalized spacial score (nSPS) is 16.4. The average Bonchev–Trinajstić information content (AvgIpc) is 2.55. The van der Waals surface area contributed by atoms with Crippen LogP contribution in [0.5, 0.6) is 0 Å². The first-order valence-electron chi connectivity index (χ1n) is 7.07. The lowest BCUT2D eigenvalue weighted by atomic mass is 9.81. The topological polar surface area (TPSA) is 105 Å². The van der Waals surface area contributed by atoms with E-state index in [4.69, 9.17) is 10.00 Å². The van der Waals surface area contributed by atoms with E-state index in [9.17, 15) is 14.9 Å². The van der Waals surface area contributed by atoms with Gasteiger partial charge in [0.25, 0.3) is 5.69 Å². The third-order valence-corrected chi connectivity index (χ3v) is 3.98. The van der Waals surface area contributed by atoms with E-state index in [0.29, 0.717) is 12.8 Å². The quantitative estimate of drug-likeness (QED) is 0.521. The number of nitriles is 1. The number of methoxy groups -OCH3 is 1. The predicted molar refractivity (Wildman–Crippen MR) is 79.3 cm³/mol. The Kier molecular flexibility index (Phi) is 4.61. The van der Waals surface area contributed by atoms with Crippen LogP contribution in [0.3, 0.4) is 0 Å². The number of nitro benzene ring substituents is 1. The Labute approximate surface area is 128 Å². The van der Waals surface area contributed by atoms with E-state index in [1.54, 1.807) is 0 Å². The van der Waals surface area contributed by atoms with Crippen molar-refractivity contribution in [2.45, 2.75) is 37.6 Å². The summed E-state index contributed by atoms with van der Waals surface area (Å²) in [6.07, 6.45) is 3.86. The molecule has 1 aliphatic carbocycles. The second kappa shape index (κ2) is 6.43. The van der Waals surface area contributed by atoms with Crippen molar-refractivity contribution >= 4 is 17.3 Å². The highest BCUT2D eigenvalue weighted by Gasteiger charge is 2.41. The van der Waals surface area contributed by atoms with Crippen molar-refractivity contribution in [3.8, 4) is 6.07 Å². The zero-order valence-electron chi connectivity index (χ0n) is 12.3. The van der Waals surface area contributed by atoms with E-state index in [2.05, 4.69) is 5.32 Å². The summed E-state index contributed by atoms with van der Waals surface area (Å²) in [4.78, 5) is 22.8. The zero-order chi connectivity index (χ0) is 16.2. The highest BCUT2D eigenvalue weighted by Crippen LogP contribution is 2.36. The van der Waals surface area contributed by atoms with Crippen LogP contribution in [0.15, 0.2) is 18.2 Å². The van der Waals surface area contributed by atoms with Gasteiger partial charge in [0.05, 0.1) is 23.7 Å². The van der Waals surface area contributed by atoms with Gasteiger partial charge in [-0.05, 0) is 25.0 Å². The number of carbonyl (C=O) groups is 1. The number of carbonyl (C=O) groups excluding carboxylic acids is 1. The van der Waals surface area contributed by atoms with Gasteiger partial charge in [-0.3, -0.25) is 10.1 Å². The molecule has 0 radical (unpaired) electrons. The molecule has 22 heavy (non-hydrogen) atoms. The first-order valence-corrected chi connectivity index (χ1v) is 7.07. The van der Waals surface area contributed by atoms with Crippen LogP contribution in [0.2, 0.25) is 0 Å². The monoisotopic (exact) mass is 303 g/mol. The van der Waals surface area contributed by atoms with Crippen LogP contribution in [-0.2, 0) is 9.53 Å². The van der Waals surface area contributed by atoms with Crippen LogP contribution >= 0.6 is 0 Å². The summed E-state index contributed by atoms with van der Waals surface area (Å²) < 4.78 is 4.89. The third-order valence-electron chi connectivity index (χ3n) is 3.98. The Balaban J connectivity index is 2.40. The van der Waals surface area contributed by atoms with Crippen molar-refractivity contribution in [1.29, 1.82) is 5.26 Å². The van der Waals surface area contributed by atoms with Gasteiger partial charge in [0.2, 0.25) is 0 Å². The van der Waals surface area contributed by atoms with Crippen LogP contribution in [0, 0.1) is 21.4 Å². The van der Waals surface area contributed by atoms with Gasteiger partial charge in [0.15, 0.2) is 0 Å². The lowest BCUT2D eigenvalue weighted by Gasteiger charge is -2.35. The van der Waals surface area contributed by atoms with Crippen molar-refractivity contribution < 1.29 is 14.5 Å². The number of esters is 1. The molecule has 0 aromatic heterocycles. The molecule has 0 bridgehead atoms. The molecule has 0 spiro atoms. The average molecular weight is 303 g/mol. The summed E-state index contributed by atoms with van der Waals surface area (Å²) in [7, 11) is 1.31. The molecule has 7 nitrogen and oxygen atoms in total. The van der Waals surface area contributed by atoms with Gasteiger partial charge in [-0.2, -0.15) is 5.26 Å². The molecule has 1 aliphatic rings. The molecule has 1 fully saturated rings. The summed E-state index contributed by atoms with van der Waals surface area (Å²) in [5.74, 6) is -0.411. The van der Waals surface area contributed by atoms with Crippen molar-refractivity contribution in [2.75, 3.05) is 12.4 Å². The molecule has 1 aromatic rings. The van der Waals surface area contributed by atoms with Gasteiger partial charge >= 0.3 is 5.97 Å². The van der Waals surface area contributed by atoms with Crippen LogP contribution in [0.1, 0.15) is 37.7 Å². The molecule has 1 N–H and O–H groups in total. The smallest absolute Gasteiger partial charge is 0.331 e. The SMILES string of the molecule is COC(=O)C1(Nc2ccc(C#N)cc2[N+](=O)[O-])CCCCC1. The Bertz CT molecular complexity index is 630. The van der Waals surface area contributed by atoms with Crippen LogP contribution < -0.4 is 5.32 Å². The molecule has 0 unspecified atom stereocenters. The Hall–Kier alpha value is -2.62. The first-order chi connectivity index (χ1) is 10.5. The summed E-state index contributed by atoms with van der Waals surface area (Å²) in [6.45, 7) is 0. The highest BCUT2D eigenvalue weighted by atomic mass is 16.6. The number of nitrogens with one attached hydrogen (secondary N) is 1. The van der Waals surface area contributed by atoms with Crippen LogP contribution in [-0.4, -0.2) is 23.5 Å². The van der Waals surface area contributed by atoms with Crippen molar-refractivity contribution in [2.24, 2.45) is 0 Å². The van der Waals surface area contributed by atoms with Gasteiger partial charge in [0, 0.05) is 6.07 Å². The first kappa shape index (κ1) is 15.8. The molecule has 0 heterocycles. The minimum atomic E-state index is -0.939. The largest absolute Gasteiger partial charge is 0.467 e. The van der Waals surface area contributed by atoms with Gasteiger partial charge in [0.1, 0.15) is 11.2 Å². The van der Waals surface area contributed by atoms with Gasteiger partial charge in [-0.1, -0.05) is 19.3 Å². The van der Waals surface area contributed by atoms with Crippen molar-refractivity contribution in [1.82, 2.24) is 0 Å². The predicted octanol–water partition coefficient (Wildman–Crippen LogP) is 2.75. The number of hydrogen-bond acceptors (Lipinski definition) is 6. The van der Waals surface area contributed by atoms with E-state index < -0.39 is 16.4 Å². The summed E-state index contributed by atoms with van der Waals surface area (Å²) >= 11 is 0. The van der Waals surface area contributed by atoms with Gasteiger partial charge in [-0.25, -0.2) is 4.79 Å². The summed E-state index contributed by atoms with van der Waals surface area (Å²) in [5.41, 5.74) is -0.719. The number of benzene rings is 1. The molecule has 7 heteroatoms. The second-order valence-corrected chi connectivity index (χ2v) is 5.36. The Morgan fingerprint density at radius 1 is 1.41 bits per heavy atom. The number of hydrogen-bond donors (Lipinski definition) is 1. The van der Waals surface area contributed by atoms with Crippen molar-refractivity contribution in [3.05, 3.63) is 33.9 Å². The number of ether oxygens (including phenoxy) is 1. The molecule has 0 amide bonds. The molecule has 0 atom stereocenters. The molecule has 2 rings (SSSR count). The summed E-state index contributed by atoms with van der Waals surface area (Å²) in [5, 5.41) is 23.1. The molecule has 116 valence electrons. The maximum absolute atomic E-state index is 12.2. The molecular weight excluding hydrogens is 286 g/mol. The Morgan fingerprint density at radius 2 is 2.09 bits per heavy atom. The van der Waals surface area contributed by atoms with E-state index in [-0.39, 0.29) is 16.9 Å². The maximum atomic E-state index is 12.2. The lowest BCUT2D eigenvalue weighted by molar-refractivity contribution is -0.384. The van der Waals surface area contributed by atoms with E-state index in [0.717, 1.165) is 19.3 Å². The minimum Gasteiger partial charge on any atom is -0.467 e. The van der Waals surface area contributed by atoms with E-state index >= 15 is 0 Å². The molecule has 0 saturated heterocycles. The highest BCUT2D eigenvalue weighted by molar-refractivity contribution is 5.86. The fourth-order valence-corrected chi connectivity index (χ4v) is 2.85. The number of rotatable bonds is 4. The van der Waals surface area contributed by atoms with Crippen LogP contribution in [0.25, 0.3) is 0 Å². The molecule has 0 aliphatic heterocycles. The van der Waals surface area contributed by atoms with Gasteiger partial charge < -0.3 is 10.1 Å². The number of nitrogens with zero attached hydrogens (tertiary/aromatic N) is 2. The second-order valence-electron chi connectivity index (χ2n) is 5.36. The minimum absolute atomic E-state index is 0.202. The standard InChI is InChI=1S/C15H17N3O4/c1-22-14(19)15(7-3-2-4-8-15)17-12-6-5-11(10-16)9-13(12)18(20)21/h5-6,9,17H,2-4,7-8H2,1H3.